The Bertz CT molecular complexity index is 345. The molecular weight excluding hydrogens is 254 g/mol. The molecule has 1 aromatic carbocycles. The largest absolute Gasteiger partial charge is 0.493 e. The summed E-state index contributed by atoms with van der Waals surface area (Å²) in [5.74, 6) is 1.51. The highest BCUT2D eigenvalue weighted by molar-refractivity contribution is 5.85. The molecule has 1 aromatic rings. The van der Waals surface area contributed by atoms with Crippen molar-refractivity contribution < 1.29 is 14.6 Å². The van der Waals surface area contributed by atoms with E-state index >= 15 is 0 Å². The Kier molecular flexibility index (Phi) is 8.54. The smallest absolute Gasteiger partial charge is 0.165 e. The summed E-state index contributed by atoms with van der Waals surface area (Å²) in [6.07, 6.45) is -0.351. The predicted octanol–water partition coefficient (Wildman–Crippen LogP) is 1.99. The summed E-state index contributed by atoms with van der Waals surface area (Å²) in [6, 6.07) is 5.80. The van der Waals surface area contributed by atoms with Gasteiger partial charge in [0.25, 0.3) is 0 Å². The molecule has 104 valence electrons. The summed E-state index contributed by atoms with van der Waals surface area (Å²) < 4.78 is 10.9. The molecule has 0 fully saturated rings. The fourth-order valence-electron chi connectivity index (χ4n) is 1.59. The lowest BCUT2D eigenvalue weighted by Gasteiger charge is -2.15. The van der Waals surface area contributed by atoms with Gasteiger partial charge in [0, 0.05) is 18.7 Å². The average Bonchev–Trinajstić information content (AvgIpc) is 2.30. The van der Waals surface area contributed by atoms with Crippen LogP contribution < -0.4 is 14.8 Å². The maximum Gasteiger partial charge on any atom is 0.165 e. The summed E-state index contributed by atoms with van der Waals surface area (Å²) >= 11 is 0. The highest BCUT2D eigenvalue weighted by atomic mass is 35.5. The maximum atomic E-state index is 9.19. The number of hydrogen-bond donors (Lipinski definition) is 2. The van der Waals surface area contributed by atoms with E-state index in [1.54, 1.807) is 14.0 Å². The number of hydrogen-bond acceptors (Lipinski definition) is 4. The van der Waals surface area contributed by atoms with Crippen molar-refractivity contribution in [3.63, 3.8) is 0 Å². The summed E-state index contributed by atoms with van der Waals surface area (Å²) in [4.78, 5) is 0. The molecule has 1 rings (SSSR count). The number of aliphatic hydroxyl groups excluding tert-OH is 1. The van der Waals surface area contributed by atoms with Crippen LogP contribution in [-0.4, -0.2) is 31.5 Å². The van der Waals surface area contributed by atoms with Gasteiger partial charge >= 0.3 is 0 Å². The van der Waals surface area contributed by atoms with Crippen molar-refractivity contribution in [2.45, 2.75) is 26.5 Å². The van der Waals surface area contributed by atoms with Crippen LogP contribution in [0.5, 0.6) is 11.5 Å². The van der Waals surface area contributed by atoms with Crippen molar-refractivity contribution in [3.8, 4) is 11.5 Å². The second kappa shape index (κ2) is 9.03. The second-order valence-electron chi connectivity index (χ2n) is 3.86. The van der Waals surface area contributed by atoms with E-state index in [2.05, 4.69) is 5.32 Å². The van der Waals surface area contributed by atoms with Gasteiger partial charge in [-0.3, -0.25) is 0 Å². The number of ether oxygens (including phenoxy) is 2. The van der Waals surface area contributed by atoms with Gasteiger partial charge in [0.05, 0.1) is 19.8 Å². The molecule has 5 heteroatoms. The zero-order chi connectivity index (χ0) is 12.7. The van der Waals surface area contributed by atoms with Crippen molar-refractivity contribution >= 4 is 12.4 Å². The van der Waals surface area contributed by atoms with Crippen molar-refractivity contribution in [1.29, 1.82) is 0 Å². The van der Waals surface area contributed by atoms with Gasteiger partial charge in [-0.25, -0.2) is 0 Å². The maximum absolute atomic E-state index is 9.19. The Labute approximate surface area is 115 Å². The van der Waals surface area contributed by atoms with E-state index in [1.165, 1.54) is 0 Å². The highest BCUT2D eigenvalue weighted by Crippen LogP contribution is 2.30. The molecule has 1 unspecified atom stereocenters. The van der Waals surface area contributed by atoms with Crippen LogP contribution in [0.4, 0.5) is 0 Å². The Balaban J connectivity index is 0.00000289. The lowest BCUT2D eigenvalue weighted by molar-refractivity contribution is 0.190. The van der Waals surface area contributed by atoms with Crippen molar-refractivity contribution in [2.24, 2.45) is 0 Å². The normalized spacial score (nSPS) is 11.6. The first kappa shape index (κ1) is 17.0. The molecule has 0 saturated carbocycles. The second-order valence-corrected chi connectivity index (χ2v) is 3.86. The number of halogens is 1. The van der Waals surface area contributed by atoms with Gasteiger partial charge in [-0.05, 0) is 19.9 Å². The zero-order valence-electron chi connectivity index (χ0n) is 11.1. The van der Waals surface area contributed by atoms with E-state index in [0.717, 1.165) is 17.1 Å². The molecule has 2 N–H and O–H groups in total. The summed E-state index contributed by atoms with van der Waals surface area (Å²) in [5.41, 5.74) is 1.03. The van der Waals surface area contributed by atoms with Crippen LogP contribution in [-0.2, 0) is 6.54 Å². The molecule has 0 heterocycles. The van der Waals surface area contributed by atoms with Crippen LogP contribution in [0.3, 0.4) is 0 Å². The molecule has 0 aliphatic carbocycles. The fourth-order valence-corrected chi connectivity index (χ4v) is 1.59. The third-order valence-electron chi connectivity index (χ3n) is 2.32. The molecule has 0 bridgehead atoms. The third kappa shape index (κ3) is 5.12. The van der Waals surface area contributed by atoms with Gasteiger partial charge in [-0.15, -0.1) is 12.4 Å². The Morgan fingerprint density at radius 1 is 1.39 bits per heavy atom. The molecule has 0 aliphatic heterocycles. The number of nitrogens with one attached hydrogen (secondary N) is 1. The minimum absolute atomic E-state index is 0. The zero-order valence-corrected chi connectivity index (χ0v) is 11.9. The van der Waals surface area contributed by atoms with E-state index in [1.807, 2.05) is 25.1 Å². The third-order valence-corrected chi connectivity index (χ3v) is 2.32. The Morgan fingerprint density at radius 3 is 2.67 bits per heavy atom. The Hall–Kier alpha value is -0.970. The first-order valence-electron chi connectivity index (χ1n) is 5.86. The highest BCUT2D eigenvalue weighted by Gasteiger charge is 2.09. The predicted molar refractivity (Wildman–Crippen MR) is 74.8 cm³/mol. The van der Waals surface area contributed by atoms with Crippen molar-refractivity contribution in [3.05, 3.63) is 23.8 Å². The van der Waals surface area contributed by atoms with Crippen LogP contribution in [0.1, 0.15) is 19.4 Å². The average molecular weight is 276 g/mol. The molecule has 0 radical (unpaired) electrons. The van der Waals surface area contributed by atoms with Crippen LogP contribution in [0.25, 0.3) is 0 Å². The molecule has 0 spiro atoms. The van der Waals surface area contributed by atoms with Gasteiger partial charge in [-0.1, -0.05) is 12.1 Å². The van der Waals surface area contributed by atoms with Gasteiger partial charge in [-0.2, -0.15) is 0 Å². The van der Waals surface area contributed by atoms with Crippen molar-refractivity contribution in [2.75, 3.05) is 20.3 Å². The van der Waals surface area contributed by atoms with Gasteiger partial charge in [0.15, 0.2) is 11.5 Å². The topological polar surface area (TPSA) is 50.7 Å². The van der Waals surface area contributed by atoms with Crippen LogP contribution in [0, 0.1) is 0 Å². The molecule has 4 nitrogen and oxygen atoms in total. The lowest BCUT2D eigenvalue weighted by Crippen LogP contribution is -2.24. The van der Waals surface area contributed by atoms with E-state index in [0.29, 0.717) is 19.7 Å². The number of methoxy groups -OCH3 is 1. The van der Waals surface area contributed by atoms with Crippen LogP contribution >= 0.6 is 12.4 Å². The molecule has 18 heavy (non-hydrogen) atoms. The first-order valence-corrected chi connectivity index (χ1v) is 5.86. The SMILES string of the molecule is CCOc1c(CNCC(C)O)cccc1OC.Cl. The van der Waals surface area contributed by atoms with E-state index in [9.17, 15) is 5.11 Å². The molecular formula is C13H22ClNO3. The molecule has 0 amide bonds. The van der Waals surface area contributed by atoms with Gasteiger partial charge < -0.3 is 19.9 Å². The van der Waals surface area contributed by atoms with Gasteiger partial charge in [0.1, 0.15) is 0 Å². The van der Waals surface area contributed by atoms with E-state index in [4.69, 9.17) is 9.47 Å². The molecule has 0 aliphatic rings. The van der Waals surface area contributed by atoms with E-state index < -0.39 is 0 Å². The summed E-state index contributed by atoms with van der Waals surface area (Å²) in [6.45, 7) is 5.51. The first-order chi connectivity index (χ1) is 8.19. The van der Waals surface area contributed by atoms with Crippen molar-refractivity contribution in [1.82, 2.24) is 5.32 Å². The monoisotopic (exact) mass is 275 g/mol. The summed E-state index contributed by atoms with van der Waals surface area (Å²) in [5, 5.41) is 12.4. The molecule has 0 saturated heterocycles. The van der Waals surface area contributed by atoms with E-state index in [-0.39, 0.29) is 18.5 Å². The number of rotatable bonds is 7. The van der Waals surface area contributed by atoms with Gasteiger partial charge in [0.2, 0.25) is 0 Å². The summed E-state index contributed by atoms with van der Waals surface area (Å²) in [7, 11) is 1.63. The Morgan fingerprint density at radius 2 is 2.11 bits per heavy atom. The minimum atomic E-state index is -0.351. The standard InChI is InChI=1S/C13H21NO3.ClH/c1-4-17-13-11(9-14-8-10(2)15)6-5-7-12(13)16-3;/h5-7,10,14-15H,4,8-9H2,1-3H3;1H. The quantitative estimate of drug-likeness (QED) is 0.799. The molecule has 0 aromatic heterocycles. The lowest BCUT2D eigenvalue weighted by atomic mass is 10.2. The fraction of sp³-hybridized carbons (Fsp3) is 0.538. The number of para-hydroxylation sites is 1. The molecule has 1 atom stereocenters. The minimum Gasteiger partial charge on any atom is -0.493 e. The van der Waals surface area contributed by atoms with Crippen LogP contribution in [0.15, 0.2) is 18.2 Å². The number of benzene rings is 1. The number of aliphatic hydroxyl groups is 1. The van der Waals surface area contributed by atoms with Crippen LogP contribution in [0.2, 0.25) is 0 Å².